The minimum Gasteiger partial charge on any atom is -0.388 e. The second kappa shape index (κ2) is 4.63. The van der Waals surface area contributed by atoms with Crippen molar-refractivity contribution in [3.05, 3.63) is 37.2 Å². The molecule has 0 atom stereocenters. The van der Waals surface area contributed by atoms with Crippen LogP contribution in [-0.4, -0.2) is 39.9 Å². The summed E-state index contributed by atoms with van der Waals surface area (Å²) in [5.41, 5.74) is 2.02. The molecule has 9 nitrogen and oxygen atoms in total. The molecule has 21 heavy (non-hydrogen) atoms. The summed E-state index contributed by atoms with van der Waals surface area (Å²) in [5, 5.41) is 0. The third kappa shape index (κ3) is 2.16. The van der Waals surface area contributed by atoms with Crippen molar-refractivity contribution in [3.63, 3.8) is 0 Å². The first-order chi connectivity index (χ1) is 10.4. The van der Waals surface area contributed by atoms with Crippen LogP contribution in [0.2, 0.25) is 0 Å². The van der Waals surface area contributed by atoms with Crippen LogP contribution in [0.5, 0.6) is 12.0 Å². The van der Waals surface area contributed by atoms with Gasteiger partial charge in [-0.1, -0.05) is 0 Å². The fourth-order valence-electron chi connectivity index (χ4n) is 1.69. The summed E-state index contributed by atoms with van der Waals surface area (Å²) in [6, 6.07) is 0.178. The Balaban J connectivity index is 1.71. The van der Waals surface area contributed by atoms with E-state index < -0.39 is 0 Å². The summed E-state index contributed by atoms with van der Waals surface area (Å²) < 4.78 is 5.41. The van der Waals surface area contributed by atoms with Crippen molar-refractivity contribution in [1.82, 2.24) is 39.9 Å². The Hall–Kier alpha value is -3.36. The van der Waals surface area contributed by atoms with Crippen molar-refractivity contribution < 1.29 is 4.74 Å². The maximum Gasteiger partial charge on any atom is 0.326 e. The SMILES string of the molecule is c1cnc2nc(Oc3ncc4nccnc4n3)ncc2n1. The van der Waals surface area contributed by atoms with Crippen molar-refractivity contribution in [1.29, 1.82) is 0 Å². The van der Waals surface area contributed by atoms with Crippen molar-refractivity contribution in [2.75, 3.05) is 0 Å². The zero-order valence-corrected chi connectivity index (χ0v) is 10.5. The molecule has 0 bridgehead atoms. The minimum absolute atomic E-state index is 0.0891. The van der Waals surface area contributed by atoms with E-state index in [2.05, 4.69) is 39.9 Å². The molecule has 100 valence electrons. The molecule has 9 heteroatoms. The zero-order chi connectivity index (χ0) is 14.1. The van der Waals surface area contributed by atoms with Crippen LogP contribution in [0.15, 0.2) is 37.2 Å². The van der Waals surface area contributed by atoms with Gasteiger partial charge in [0.15, 0.2) is 11.3 Å². The van der Waals surface area contributed by atoms with Gasteiger partial charge in [-0.15, -0.1) is 0 Å². The number of hydrogen-bond acceptors (Lipinski definition) is 9. The van der Waals surface area contributed by atoms with E-state index in [1.54, 1.807) is 24.8 Å². The molecule has 0 saturated heterocycles. The molecule has 0 aliphatic carbocycles. The van der Waals surface area contributed by atoms with Gasteiger partial charge < -0.3 is 4.74 Å². The highest BCUT2D eigenvalue weighted by Crippen LogP contribution is 2.15. The largest absolute Gasteiger partial charge is 0.388 e. The highest BCUT2D eigenvalue weighted by Gasteiger charge is 2.07. The lowest BCUT2D eigenvalue weighted by atomic mass is 10.5. The van der Waals surface area contributed by atoms with Gasteiger partial charge in [0.05, 0.1) is 12.4 Å². The van der Waals surface area contributed by atoms with Crippen LogP contribution in [0.4, 0.5) is 0 Å². The maximum atomic E-state index is 5.41. The smallest absolute Gasteiger partial charge is 0.326 e. The van der Waals surface area contributed by atoms with Gasteiger partial charge in [-0.25, -0.2) is 29.9 Å². The van der Waals surface area contributed by atoms with Crippen LogP contribution < -0.4 is 4.74 Å². The Morgan fingerprint density at radius 3 is 1.57 bits per heavy atom. The fraction of sp³-hybridized carbons (Fsp3) is 0. The highest BCUT2D eigenvalue weighted by molar-refractivity contribution is 5.68. The number of nitrogens with zero attached hydrogens (tertiary/aromatic N) is 8. The number of ether oxygens (including phenoxy) is 1. The molecule has 4 aromatic heterocycles. The van der Waals surface area contributed by atoms with Crippen molar-refractivity contribution in [2.45, 2.75) is 0 Å². The molecule has 0 fully saturated rings. The molecule has 0 saturated carbocycles. The molecule has 0 aromatic carbocycles. The quantitative estimate of drug-likeness (QED) is 0.528. The van der Waals surface area contributed by atoms with E-state index >= 15 is 0 Å². The molecule has 4 rings (SSSR count). The normalized spacial score (nSPS) is 10.9. The van der Waals surface area contributed by atoms with Crippen LogP contribution in [0, 0.1) is 0 Å². The summed E-state index contributed by atoms with van der Waals surface area (Å²) in [6.07, 6.45) is 9.26. The minimum atomic E-state index is 0.0891. The third-order valence-electron chi connectivity index (χ3n) is 2.59. The average Bonchev–Trinajstić information content (AvgIpc) is 2.55. The Labute approximate surface area is 117 Å². The van der Waals surface area contributed by atoms with E-state index in [4.69, 9.17) is 4.74 Å². The number of fused-ring (bicyclic) bond motifs is 2. The van der Waals surface area contributed by atoms with E-state index in [1.807, 2.05) is 0 Å². The summed E-state index contributed by atoms with van der Waals surface area (Å²) in [4.78, 5) is 32.6. The lowest BCUT2D eigenvalue weighted by molar-refractivity contribution is 0.410. The average molecular weight is 278 g/mol. The van der Waals surface area contributed by atoms with Crippen LogP contribution in [0.1, 0.15) is 0 Å². The van der Waals surface area contributed by atoms with Gasteiger partial charge in [-0.3, -0.25) is 0 Å². The van der Waals surface area contributed by atoms with Crippen LogP contribution in [0.25, 0.3) is 22.3 Å². The monoisotopic (exact) mass is 278 g/mol. The Bertz CT molecular complexity index is 867. The van der Waals surface area contributed by atoms with Crippen LogP contribution in [0.3, 0.4) is 0 Å². The van der Waals surface area contributed by atoms with Gasteiger partial charge in [0.25, 0.3) is 0 Å². The standard InChI is InChI=1S/C12H6N8O/c1-3-15-9-7(13-1)5-17-11(19-9)21-12-18-6-8-10(20-12)16-4-2-14-8/h1-6H. The molecule has 4 heterocycles. The van der Waals surface area contributed by atoms with Gasteiger partial charge in [-0.05, 0) is 0 Å². The van der Waals surface area contributed by atoms with E-state index in [0.717, 1.165) is 0 Å². The lowest BCUT2D eigenvalue weighted by Gasteiger charge is -2.02. The lowest BCUT2D eigenvalue weighted by Crippen LogP contribution is -1.98. The molecule has 0 amide bonds. The Morgan fingerprint density at radius 2 is 1.05 bits per heavy atom. The van der Waals surface area contributed by atoms with Gasteiger partial charge >= 0.3 is 12.0 Å². The van der Waals surface area contributed by atoms with Crippen molar-refractivity contribution in [2.24, 2.45) is 0 Å². The first kappa shape index (κ1) is 11.5. The predicted octanol–water partition coefficient (Wildman–Crippen LogP) is 0.945. The Kier molecular flexibility index (Phi) is 2.53. The van der Waals surface area contributed by atoms with Gasteiger partial charge in [-0.2, -0.15) is 9.97 Å². The number of rotatable bonds is 2. The molecule has 0 N–H and O–H groups in total. The third-order valence-corrected chi connectivity index (χ3v) is 2.59. The van der Waals surface area contributed by atoms with E-state index in [0.29, 0.717) is 22.3 Å². The molecular formula is C12H6N8O. The van der Waals surface area contributed by atoms with Crippen LogP contribution in [-0.2, 0) is 0 Å². The molecule has 0 spiro atoms. The fourth-order valence-corrected chi connectivity index (χ4v) is 1.69. The second-order valence-corrected chi connectivity index (χ2v) is 3.94. The summed E-state index contributed by atoms with van der Waals surface area (Å²) >= 11 is 0. The van der Waals surface area contributed by atoms with Gasteiger partial charge in [0.1, 0.15) is 11.0 Å². The topological polar surface area (TPSA) is 112 Å². The molecule has 4 aromatic rings. The van der Waals surface area contributed by atoms with E-state index in [9.17, 15) is 0 Å². The van der Waals surface area contributed by atoms with Gasteiger partial charge in [0, 0.05) is 24.8 Å². The number of hydrogen-bond donors (Lipinski definition) is 0. The highest BCUT2D eigenvalue weighted by atomic mass is 16.5. The molecule has 0 aliphatic heterocycles. The Morgan fingerprint density at radius 1 is 0.571 bits per heavy atom. The predicted molar refractivity (Wildman–Crippen MR) is 70.3 cm³/mol. The first-order valence-electron chi connectivity index (χ1n) is 5.94. The molecule has 0 aliphatic rings. The first-order valence-corrected chi connectivity index (χ1v) is 5.94. The summed E-state index contributed by atoms with van der Waals surface area (Å²) in [6.45, 7) is 0. The second-order valence-electron chi connectivity index (χ2n) is 3.94. The maximum absolute atomic E-state index is 5.41. The summed E-state index contributed by atoms with van der Waals surface area (Å²) in [7, 11) is 0. The molecular weight excluding hydrogens is 272 g/mol. The zero-order valence-electron chi connectivity index (χ0n) is 10.5. The van der Waals surface area contributed by atoms with Crippen molar-refractivity contribution >= 4 is 22.3 Å². The molecule has 0 radical (unpaired) electrons. The van der Waals surface area contributed by atoms with Crippen LogP contribution >= 0.6 is 0 Å². The van der Waals surface area contributed by atoms with Gasteiger partial charge in [0.2, 0.25) is 0 Å². The van der Waals surface area contributed by atoms with Crippen molar-refractivity contribution in [3.8, 4) is 12.0 Å². The molecule has 0 unspecified atom stereocenters. The number of aromatic nitrogens is 8. The summed E-state index contributed by atoms with van der Waals surface area (Å²) in [5.74, 6) is 0. The van der Waals surface area contributed by atoms with E-state index in [-0.39, 0.29) is 12.0 Å². The van der Waals surface area contributed by atoms with E-state index in [1.165, 1.54) is 12.4 Å².